The van der Waals surface area contributed by atoms with Gasteiger partial charge < -0.3 is 10.4 Å². The fourth-order valence-electron chi connectivity index (χ4n) is 1.63. The number of nitrogens with one attached hydrogen (secondary N) is 1. The average Bonchev–Trinajstić information content (AvgIpc) is 2.06. The van der Waals surface area contributed by atoms with Gasteiger partial charge in [-0.1, -0.05) is 0 Å². The molecule has 4 heteroatoms. The number of piperidine rings is 1. The minimum absolute atomic E-state index is 0.202. The second-order valence-electron chi connectivity index (χ2n) is 3.15. The number of carbonyl (C=O) groups is 1. The van der Waals surface area contributed by atoms with E-state index >= 15 is 0 Å². The van der Waals surface area contributed by atoms with Crippen molar-refractivity contribution in [2.75, 3.05) is 26.2 Å². The number of nitrogens with zero attached hydrogens (tertiary/aromatic N) is 1. The first-order chi connectivity index (χ1) is 5.86. The number of β-amino-alcohol motifs (C(OH)–C–C–N with tert-alkyl or cyclic N) is 1. The zero-order valence-electron chi connectivity index (χ0n) is 7.20. The van der Waals surface area contributed by atoms with Crippen molar-refractivity contribution in [2.24, 2.45) is 0 Å². The normalized spacial score (nSPS) is 25.2. The van der Waals surface area contributed by atoms with Crippen LogP contribution in [-0.4, -0.2) is 48.7 Å². The minimum atomic E-state index is 0.202. The molecule has 1 amide bonds. The molecule has 0 spiro atoms. The Balaban J connectivity index is 2.24. The lowest BCUT2D eigenvalue weighted by molar-refractivity contribution is -0.110. The third-order valence-corrected chi connectivity index (χ3v) is 2.23. The number of aliphatic hydroxyl groups excluding tert-OH is 1. The molecule has 1 heterocycles. The SMILES string of the molecule is O=CNC1CCCN(CCO)C1. The van der Waals surface area contributed by atoms with Crippen LogP contribution in [0.1, 0.15) is 12.8 Å². The Hall–Kier alpha value is -0.610. The van der Waals surface area contributed by atoms with Crippen molar-refractivity contribution in [3.63, 3.8) is 0 Å². The quantitative estimate of drug-likeness (QED) is 0.545. The number of hydrogen-bond acceptors (Lipinski definition) is 3. The Kier molecular flexibility index (Phi) is 4.04. The van der Waals surface area contributed by atoms with E-state index in [4.69, 9.17) is 5.11 Å². The summed E-state index contributed by atoms with van der Waals surface area (Å²) in [4.78, 5) is 12.3. The van der Waals surface area contributed by atoms with Crippen molar-refractivity contribution in [2.45, 2.75) is 18.9 Å². The van der Waals surface area contributed by atoms with Crippen LogP contribution in [0.5, 0.6) is 0 Å². The Bertz CT molecular complexity index is 139. The van der Waals surface area contributed by atoms with Crippen molar-refractivity contribution >= 4 is 6.41 Å². The summed E-state index contributed by atoms with van der Waals surface area (Å²) < 4.78 is 0. The molecule has 1 unspecified atom stereocenters. The van der Waals surface area contributed by atoms with Gasteiger partial charge in [0.15, 0.2) is 0 Å². The van der Waals surface area contributed by atoms with E-state index in [2.05, 4.69) is 10.2 Å². The van der Waals surface area contributed by atoms with E-state index in [0.29, 0.717) is 0 Å². The molecule has 1 fully saturated rings. The van der Waals surface area contributed by atoms with E-state index < -0.39 is 0 Å². The third-order valence-electron chi connectivity index (χ3n) is 2.23. The molecular formula is C8H16N2O2. The molecule has 1 atom stereocenters. The standard InChI is InChI=1S/C8H16N2O2/c11-5-4-10-3-1-2-8(6-10)9-7-12/h7-8,11H,1-6H2,(H,9,12). The molecule has 0 aromatic heterocycles. The second-order valence-corrected chi connectivity index (χ2v) is 3.15. The van der Waals surface area contributed by atoms with Crippen LogP contribution < -0.4 is 5.32 Å². The van der Waals surface area contributed by atoms with Crippen molar-refractivity contribution < 1.29 is 9.90 Å². The first-order valence-corrected chi connectivity index (χ1v) is 4.39. The molecule has 0 radical (unpaired) electrons. The smallest absolute Gasteiger partial charge is 0.207 e. The van der Waals surface area contributed by atoms with Gasteiger partial charge in [0.1, 0.15) is 0 Å². The number of likely N-dealkylation sites (tertiary alicyclic amines) is 1. The molecule has 70 valence electrons. The van der Waals surface area contributed by atoms with Gasteiger partial charge >= 0.3 is 0 Å². The summed E-state index contributed by atoms with van der Waals surface area (Å²) >= 11 is 0. The van der Waals surface area contributed by atoms with Crippen LogP contribution in [0.15, 0.2) is 0 Å². The Labute approximate surface area is 72.6 Å². The number of hydrogen-bond donors (Lipinski definition) is 2. The van der Waals surface area contributed by atoms with E-state index in [1.54, 1.807) is 0 Å². The monoisotopic (exact) mass is 172 g/mol. The van der Waals surface area contributed by atoms with Gasteiger partial charge in [0.2, 0.25) is 6.41 Å². The minimum Gasteiger partial charge on any atom is -0.395 e. The van der Waals surface area contributed by atoms with E-state index in [-0.39, 0.29) is 12.6 Å². The van der Waals surface area contributed by atoms with E-state index in [0.717, 1.165) is 38.9 Å². The Morgan fingerprint density at radius 3 is 3.17 bits per heavy atom. The number of aliphatic hydroxyl groups is 1. The third kappa shape index (κ3) is 2.79. The van der Waals surface area contributed by atoms with Crippen LogP contribution in [-0.2, 0) is 4.79 Å². The predicted molar refractivity (Wildman–Crippen MR) is 45.7 cm³/mol. The number of rotatable bonds is 4. The van der Waals surface area contributed by atoms with Gasteiger partial charge in [-0.3, -0.25) is 9.69 Å². The maximum atomic E-state index is 10.2. The van der Waals surface area contributed by atoms with Crippen molar-refractivity contribution in [1.82, 2.24) is 10.2 Å². The molecule has 1 aliphatic rings. The first-order valence-electron chi connectivity index (χ1n) is 4.39. The van der Waals surface area contributed by atoms with E-state index in [9.17, 15) is 4.79 Å². The molecule has 0 aromatic carbocycles. The van der Waals surface area contributed by atoms with Crippen LogP contribution in [0.4, 0.5) is 0 Å². The van der Waals surface area contributed by atoms with Crippen LogP contribution in [0.25, 0.3) is 0 Å². The lowest BCUT2D eigenvalue weighted by Gasteiger charge is -2.31. The fourth-order valence-corrected chi connectivity index (χ4v) is 1.63. The predicted octanol–water partition coefficient (Wildman–Crippen LogP) is -0.811. The van der Waals surface area contributed by atoms with Gasteiger partial charge in [0.25, 0.3) is 0 Å². The largest absolute Gasteiger partial charge is 0.395 e. The maximum absolute atomic E-state index is 10.2. The maximum Gasteiger partial charge on any atom is 0.207 e. The van der Waals surface area contributed by atoms with Crippen molar-refractivity contribution in [3.8, 4) is 0 Å². The molecule has 1 saturated heterocycles. The molecule has 4 nitrogen and oxygen atoms in total. The van der Waals surface area contributed by atoms with Gasteiger partial charge in [-0.15, -0.1) is 0 Å². The summed E-state index contributed by atoms with van der Waals surface area (Å²) in [6, 6.07) is 0.280. The molecule has 0 saturated carbocycles. The zero-order valence-corrected chi connectivity index (χ0v) is 7.20. The van der Waals surface area contributed by atoms with Crippen LogP contribution in [0, 0.1) is 0 Å². The van der Waals surface area contributed by atoms with Crippen LogP contribution in [0.2, 0.25) is 0 Å². The lowest BCUT2D eigenvalue weighted by atomic mass is 10.1. The topological polar surface area (TPSA) is 52.6 Å². The van der Waals surface area contributed by atoms with Crippen molar-refractivity contribution in [3.05, 3.63) is 0 Å². The zero-order chi connectivity index (χ0) is 8.81. The van der Waals surface area contributed by atoms with Gasteiger partial charge in [-0.25, -0.2) is 0 Å². The summed E-state index contributed by atoms with van der Waals surface area (Å²) in [5.41, 5.74) is 0. The second kappa shape index (κ2) is 5.11. The van der Waals surface area contributed by atoms with Gasteiger partial charge in [-0.05, 0) is 19.4 Å². The highest BCUT2D eigenvalue weighted by Crippen LogP contribution is 2.08. The van der Waals surface area contributed by atoms with Crippen LogP contribution in [0.3, 0.4) is 0 Å². The van der Waals surface area contributed by atoms with E-state index in [1.165, 1.54) is 0 Å². The molecule has 2 N–H and O–H groups in total. The van der Waals surface area contributed by atoms with Crippen molar-refractivity contribution in [1.29, 1.82) is 0 Å². The first kappa shape index (κ1) is 9.48. The highest BCUT2D eigenvalue weighted by molar-refractivity contribution is 5.46. The summed E-state index contributed by atoms with van der Waals surface area (Å²) in [5, 5.41) is 11.5. The molecule has 0 aromatic rings. The molecule has 1 aliphatic heterocycles. The number of amides is 1. The average molecular weight is 172 g/mol. The van der Waals surface area contributed by atoms with E-state index in [1.807, 2.05) is 0 Å². The van der Waals surface area contributed by atoms with Gasteiger partial charge in [0, 0.05) is 19.1 Å². The molecule has 0 aliphatic carbocycles. The summed E-state index contributed by atoms with van der Waals surface area (Å²) in [6.45, 7) is 2.84. The molecular weight excluding hydrogens is 156 g/mol. The lowest BCUT2D eigenvalue weighted by Crippen LogP contribution is -2.46. The molecule has 0 bridgehead atoms. The summed E-state index contributed by atoms with van der Waals surface area (Å²) in [6.07, 6.45) is 2.92. The summed E-state index contributed by atoms with van der Waals surface area (Å²) in [7, 11) is 0. The molecule has 1 rings (SSSR count). The molecule has 12 heavy (non-hydrogen) atoms. The van der Waals surface area contributed by atoms with Crippen LogP contribution >= 0.6 is 0 Å². The fraction of sp³-hybridized carbons (Fsp3) is 0.875. The highest BCUT2D eigenvalue weighted by Gasteiger charge is 2.17. The Morgan fingerprint density at radius 2 is 2.50 bits per heavy atom. The summed E-state index contributed by atoms with van der Waals surface area (Å²) in [5.74, 6) is 0. The van der Waals surface area contributed by atoms with Gasteiger partial charge in [-0.2, -0.15) is 0 Å². The number of carbonyl (C=O) groups excluding carboxylic acids is 1. The van der Waals surface area contributed by atoms with Gasteiger partial charge in [0.05, 0.1) is 6.61 Å². The highest BCUT2D eigenvalue weighted by atomic mass is 16.3. The Morgan fingerprint density at radius 1 is 1.67 bits per heavy atom.